The first-order valence-electron chi connectivity index (χ1n) is 18.1. The minimum Gasteiger partial charge on any atom is -0.346 e. The summed E-state index contributed by atoms with van der Waals surface area (Å²) < 4.78 is 42.6. The second-order valence-electron chi connectivity index (χ2n) is 15.4. The van der Waals surface area contributed by atoms with E-state index in [0.717, 1.165) is 23.3 Å². The van der Waals surface area contributed by atoms with Crippen molar-refractivity contribution in [1.82, 2.24) is 15.5 Å². The number of anilines is 3. The summed E-state index contributed by atoms with van der Waals surface area (Å²) >= 11 is 0. The van der Waals surface area contributed by atoms with Crippen LogP contribution in [0, 0.1) is 22.9 Å². The average molecular weight is 769 g/mol. The second-order valence-corrected chi connectivity index (χ2v) is 15.4. The summed E-state index contributed by atoms with van der Waals surface area (Å²) in [6, 6.07) is 17.5. The highest BCUT2D eigenvalue weighted by atomic mass is 19.1. The van der Waals surface area contributed by atoms with E-state index in [-0.39, 0.29) is 24.6 Å². The Morgan fingerprint density at radius 3 is 2.23 bits per heavy atom. The molecular formula is C42H43F3N6O5. The number of nitrogens with zero attached hydrogens (tertiary/aromatic N) is 2. The zero-order chi connectivity index (χ0) is 40.5. The van der Waals surface area contributed by atoms with Gasteiger partial charge in [-0.05, 0) is 96.1 Å². The summed E-state index contributed by atoms with van der Waals surface area (Å²) in [5.74, 6) is -4.64. The van der Waals surface area contributed by atoms with Gasteiger partial charge in [-0.15, -0.1) is 0 Å². The van der Waals surface area contributed by atoms with Crippen molar-refractivity contribution >= 4 is 47.1 Å². The molecule has 0 spiro atoms. The van der Waals surface area contributed by atoms with Gasteiger partial charge in [-0.1, -0.05) is 57.2 Å². The number of benzene rings is 4. The number of halogens is 3. The predicted octanol–water partition coefficient (Wildman–Crippen LogP) is 5.34. The summed E-state index contributed by atoms with van der Waals surface area (Å²) in [6.45, 7) is 6.92. The van der Waals surface area contributed by atoms with Crippen LogP contribution in [0.1, 0.15) is 61.6 Å². The molecule has 5 amide bonds. The maximum absolute atomic E-state index is 14.6. The fraction of sp³-hybridized carbons (Fsp3) is 0.310. The molecule has 11 nitrogen and oxygen atoms in total. The van der Waals surface area contributed by atoms with E-state index in [0.29, 0.717) is 35.2 Å². The molecule has 0 radical (unpaired) electrons. The summed E-state index contributed by atoms with van der Waals surface area (Å²) in [7, 11) is 1.63. The van der Waals surface area contributed by atoms with Crippen LogP contribution in [0.25, 0.3) is 0 Å². The van der Waals surface area contributed by atoms with E-state index < -0.39 is 70.4 Å². The number of nitrogens with one attached hydrogen (secondary N) is 4. The van der Waals surface area contributed by atoms with Gasteiger partial charge >= 0.3 is 0 Å². The fourth-order valence-electron chi connectivity index (χ4n) is 7.49. The van der Waals surface area contributed by atoms with Gasteiger partial charge in [0.05, 0.1) is 18.0 Å². The smallest absolute Gasteiger partial charge is 0.252 e. The predicted molar refractivity (Wildman–Crippen MR) is 205 cm³/mol. The number of carbonyl (C=O) groups excluding carboxylic acids is 5. The van der Waals surface area contributed by atoms with Crippen molar-refractivity contribution in [3.05, 3.63) is 124 Å². The molecular weight excluding hydrogens is 725 g/mol. The normalized spacial score (nSPS) is 17.8. The third-order valence-electron chi connectivity index (χ3n) is 10.3. The van der Waals surface area contributed by atoms with Crippen LogP contribution in [0.4, 0.5) is 30.2 Å². The molecule has 56 heavy (non-hydrogen) atoms. The van der Waals surface area contributed by atoms with E-state index in [1.807, 2.05) is 32.9 Å². The van der Waals surface area contributed by atoms with Crippen LogP contribution in [-0.4, -0.2) is 61.1 Å². The molecule has 14 heteroatoms. The molecule has 4 N–H and O–H groups in total. The van der Waals surface area contributed by atoms with E-state index in [9.17, 15) is 37.1 Å². The summed E-state index contributed by atoms with van der Waals surface area (Å²) in [5, 5.41) is 10.7. The molecule has 2 aliphatic heterocycles. The Labute approximate surface area is 322 Å². The molecule has 0 aromatic heterocycles. The zero-order valence-electron chi connectivity index (χ0n) is 31.6. The summed E-state index contributed by atoms with van der Waals surface area (Å²) in [6.07, 6.45) is 1.14. The van der Waals surface area contributed by atoms with Crippen molar-refractivity contribution in [3.63, 3.8) is 0 Å². The van der Waals surface area contributed by atoms with Crippen LogP contribution in [0.3, 0.4) is 0 Å². The lowest BCUT2D eigenvalue weighted by Gasteiger charge is -2.34. The Hall–Kier alpha value is -6.02. The van der Waals surface area contributed by atoms with Gasteiger partial charge < -0.3 is 31.1 Å². The molecule has 0 fully saturated rings. The minimum atomic E-state index is -1.30. The molecule has 4 aromatic carbocycles. The highest BCUT2D eigenvalue weighted by molar-refractivity contribution is 6.02. The SMILES string of the molecule is CNC(C(=O)N1Cc2ccc(NC(=O)CNC(=O)[C@]3(C)CN(C=O)c4cc(Cc5ccc(F)cc5)ccc43)cc2C1C(=O)Nc1c(F)cccc1F)C(C)(C)C. The van der Waals surface area contributed by atoms with E-state index in [1.165, 1.54) is 34.1 Å². The van der Waals surface area contributed by atoms with Crippen molar-refractivity contribution in [2.45, 2.75) is 58.2 Å². The number of likely N-dealkylation sites (N-methyl/N-ethyl adjacent to an activating group) is 1. The standard InChI is InChI=1S/C42H43F3N6O5/c1-41(2,3)37(46-5)39(55)51-21-26-12-15-28(19-29(26)36(51)38(54)49-35-31(44)7-6-8-32(35)45)48-34(53)20-47-40(56)42(4)22-50(23-52)33-18-25(11-16-30(33)42)17-24-9-13-27(43)14-10-24/h6-16,18-19,23,36-37,46H,17,20-22H2,1-5H3,(H,47,56)(H,48,53)(H,49,54)/t36?,37?,42-/m1/s1. The largest absolute Gasteiger partial charge is 0.346 e. The van der Waals surface area contributed by atoms with Crippen LogP contribution in [0.2, 0.25) is 0 Å². The van der Waals surface area contributed by atoms with Crippen molar-refractivity contribution < 1.29 is 37.1 Å². The number of carbonyl (C=O) groups is 5. The molecule has 2 aliphatic rings. The first kappa shape index (κ1) is 39.7. The minimum absolute atomic E-state index is 0.0240. The van der Waals surface area contributed by atoms with Crippen LogP contribution in [-0.2, 0) is 42.4 Å². The second kappa shape index (κ2) is 15.6. The Morgan fingerprint density at radius 1 is 0.911 bits per heavy atom. The van der Waals surface area contributed by atoms with E-state index in [2.05, 4.69) is 21.3 Å². The molecule has 6 rings (SSSR count). The van der Waals surface area contributed by atoms with Crippen LogP contribution < -0.4 is 26.2 Å². The molecule has 3 atom stereocenters. The number of fused-ring (bicyclic) bond motifs is 2. The molecule has 2 heterocycles. The average Bonchev–Trinajstić information content (AvgIpc) is 3.68. The monoisotopic (exact) mass is 768 g/mol. The highest BCUT2D eigenvalue weighted by Gasteiger charge is 2.46. The highest BCUT2D eigenvalue weighted by Crippen LogP contribution is 2.42. The number of hydrogen-bond donors (Lipinski definition) is 4. The fourth-order valence-corrected chi connectivity index (χ4v) is 7.49. The topological polar surface area (TPSA) is 140 Å². The lowest BCUT2D eigenvalue weighted by Crippen LogP contribution is -2.52. The Kier molecular flexibility index (Phi) is 11.1. The van der Waals surface area contributed by atoms with Gasteiger partial charge in [-0.25, -0.2) is 13.2 Å². The van der Waals surface area contributed by atoms with E-state index in [1.54, 1.807) is 44.3 Å². The molecule has 292 valence electrons. The Bertz CT molecular complexity index is 2190. The molecule has 0 bridgehead atoms. The third-order valence-corrected chi connectivity index (χ3v) is 10.3. The maximum Gasteiger partial charge on any atom is 0.252 e. The van der Waals surface area contributed by atoms with Gasteiger partial charge in [0, 0.05) is 24.5 Å². The molecule has 2 unspecified atom stereocenters. The van der Waals surface area contributed by atoms with Gasteiger partial charge in [-0.3, -0.25) is 24.0 Å². The first-order valence-corrected chi connectivity index (χ1v) is 18.1. The summed E-state index contributed by atoms with van der Waals surface area (Å²) in [4.78, 5) is 69.5. The number of amides is 5. The van der Waals surface area contributed by atoms with Gasteiger partial charge in [0.1, 0.15) is 29.2 Å². The van der Waals surface area contributed by atoms with Gasteiger partial charge in [0.15, 0.2) is 0 Å². The lowest BCUT2D eigenvalue weighted by molar-refractivity contribution is -0.142. The quantitative estimate of drug-likeness (QED) is 0.152. The van der Waals surface area contributed by atoms with Gasteiger partial charge in [0.2, 0.25) is 24.1 Å². The molecule has 0 aliphatic carbocycles. The maximum atomic E-state index is 14.6. The Morgan fingerprint density at radius 2 is 1.59 bits per heavy atom. The van der Waals surface area contributed by atoms with Crippen molar-refractivity contribution in [2.75, 3.05) is 35.7 Å². The molecule has 0 saturated carbocycles. The summed E-state index contributed by atoms with van der Waals surface area (Å²) in [5.41, 5.74) is 1.72. The van der Waals surface area contributed by atoms with Crippen LogP contribution >= 0.6 is 0 Å². The van der Waals surface area contributed by atoms with Crippen molar-refractivity contribution in [3.8, 4) is 0 Å². The van der Waals surface area contributed by atoms with Crippen LogP contribution in [0.15, 0.2) is 78.9 Å². The van der Waals surface area contributed by atoms with Crippen LogP contribution in [0.5, 0.6) is 0 Å². The van der Waals surface area contributed by atoms with E-state index >= 15 is 0 Å². The lowest BCUT2D eigenvalue weighted by atomic mass is 9.83. The molecule has 4 aromatic rings. The number of hydrogen-bond acceptors (Lipinski definition) is 6. The third kappa shape index (κ3) is 7.87. The van der Waals surface area contributed by atoms with E-state index in [4.69, 9.17) is 0 Å². The first-order chi connectivity index (χ1) is 26.5. The zero-order valence-corrected chi connectivity index (χ0v) is 31.6. The van der Waals surface area contributed by atoms with Crippen molar-refractivity contribution in [1.29, 1.82) is 0 Å². The van der Waals surface area contributed by atoms with Crippen molar-refractivity contribution in [2.24, 2.45) is 5.41 Å². The Balaban J connectivity index is 1.18. The molecule has 0 saturated heterocycles. The number of para-hydroxylation sites is 1. The van der Waals surface area contributed by atoms with Gasteiger partial charge in [0.25, 0.3) is 5.91 Å². The van der Waals surface area contributed by atoms with Gasteiger partial charge in [-0.2, -0.15) is 0 Å². The number of rotatable bonds is 11.